The molecule has 1 saturated heterocycles. The van der Waals surface area contributed by atoms with Crippen LogP contribution in [0, 0.1) is 6.92 Å². The zero-order chi connectivity index (χ0) is 15.6. The van der Waals surface area contributed by atoms with E-state index in [1.807, 2.05) is 13.0 Å². The van der Waals surface area contributed by atoms with Gasteiger partial charge in [0.15, 0.2) is 0 Å². The van der Waals surface area contributed by atoms with Crippen molar-refractivity contribution in [1.82, 2.24) is 14.9 Å². The Morgan fingerprint density at radius 3 is 2.59 bits per heavy atom. The molecular formula is C17H28N4O. The van der Waals surface area contributed by atoms with Crippen LogP contribution in [-0.2, 0) is 0 Å². The summed E-state index contributed by atoms with van der Waals surface area (Å²) in [6.45, 7) is 5.00. The third kappa shape index (κ3) is 3.58. The van der Waals surface area contributed by atoms with E-state index in [4.69, 9.17) is 0 Å². The summed E-state index contributed by atoms with van der Waals surface area (Å²) in [6, 6.07) is 2.58. The van der Waals surface area contributed by atoms with Crippen molar-refractivity contribution in [1.29, 1.82) is 0 Å². The predicted octanol–water partition coefficient (Wildman–Crippen LogP) is 1.99. The summed E-state index contributed by atoms with van der Waals surface area (Å²) in [6.07, 6.45) is 8.24. The van der Waals surface area contributed by atoms with E-state index in [0.717, 1.165) is 56.8 Å². The van der Waals surface area contributed by atoms with Crippen LogP contribution in [0.4, 0.5) is 5.82 Å². The van der Waals surface area contributed by atoms with Crippen molar-refractivity contribution in [3.05, 3.63) is 18.1 Å². The smallest absolute Gasteiger partial charge is 0.132 e. The van der Waals surface area contributed by atoms with E-state index in [1.54, 1.807) is 6.33 Å². The van der Waals surface area contributed by atoms with E-state index in [1.165, 1.54) is 12.8 Å². The van der Waals surface area contributed by atoms with E-state index in [9.17, 15) is 5.11 Å². The second-order valence-electron chi connectivity index (χ2n) is 7.07. The standard InChI is InChI=1S/C17H28N4O/c1-14-11-16(19-13-18-14)20(2)15-5-9-21(10-6-15)12-17(22)7-3-4-8-17/h11,13,15,22H,3-10,12H2,1-2H3. The number of nitrogens with zero attached hydrogens (tertiary/aromatic N) is 4. The molecule has 5 nitrogen and oxygen atoms in total. The van der Waals surface area contributed by atoms with Gasteiger partial charge >= 0.3 is 0 Å². The number of piperidine rings is 1. The molecule has 1 aromatic heterocycles. The Hall–Kier alpha value is -1.20. The van der Waals surface area contributed by atoms with E-state index in [-0.39, 0.29) is 0 Å². The van der Waals surface area contributed by atoms with Crippen LogP contribution in [0.2, 0.25) is 0 Å². The van der Waals surface area contributed by atoms with Crippen LogP contribution in [0.15, 0.2) is 12.4 Å². The molecule has 1 N–H and O–H groups in total. The first-order valence-corrected chi connectivity index (χ1v) is 8.52. The lowest BCUT2D eigenvalue weighted by molar-refractivity contribution is 0.00308. The summed E-state index contributed by atoms with van der Waals surface area (Å²) in [4.78, 5) is 13.3. The lowest BCUT2D eigenvalue weighted by Gasteiger charge is -2.39. The maximum atomic E-state index is 10.6. The molecule has 0 aromatic carbocycles. The maximum absolute atomic E-state index is 10.6. The molecule has 1 aliphatic carbocycles. The Kier molecular flexibility index (Phi) is 4.64. The van der Waals surface area contributed by atoms with Crippen molar-refractivity contribution in [2.75, 3.05) is 31.6 Å². The van der Waals surface area contributed by atoms with E-state index < -0.39 is 5.60 Å². The van der Waals surface area contributed by atoms with Crippen LogP contribution in [0.1, 0.15) is 44.2 Å². The second kappa shape index (κ2) is 6.50. The van der Waals surface area contributed by atoms with Crippen LogP contribution < -0.4 is 4.90 Å². The van der Waals surface area contributed by atoms with Crippen molar-refractivity contribution in [2.24, 2.45) is 0 Å². The van der Waals surface area contributed by atoms with Gasteiger partial charge in [0.25, 0.3) is 0 Å². The minimum Gasteiger partial charge on any atom is -0.389 e. The van der Waals surface area contributed by atoms with Crippen molar-refractivity contribution in [3.63, 3.8) is 0 Å². The average Bonchev–Trinajstić information content (AvgIpc) is 2.93. The fourth-order valence-corrected chi connectivity index (χ4v) is 3.89. The number of rotatable bonds is 4. The second-order valence-corrected chi connectivity index (χ2v) is 7.07. The SMILES string of the molecule is Cc1cc(N(C)C2CCN(CC3(O)CCCC3)CC2)ncn1. The number of likely N-dealkylation sites (tertiary alicyclic amines) is 1. The molecule has 0 amide bonds. The van der Waals surface area contributed by atoms with Crippen molar-refractivity contribution in [3.8, 4) is 0 Å². The normalized spacial score (nSPS) is 22.9. The highest BCUT2D eigenvalue weighted by atomic mass is 16.3. The Morgan fingerprint density at radius 2 is 1.95 bits per heavy atom. The third-order valence-electron chi connectivity index (χ3n) is 5.31. The molecule has 0 spiro atoms. The fourth-order valence-electron chi connectivity index (χ4n) is 3.89. The van der Waals surface area contributed by atoms with Crippen molar-refractivity contribution < 1.29 is 5.11 Å². The summed E-state index contributed by atoms with van der Waals surface area (Å²) < 4.78 is 0. The van der Waals surface area contributed by atoms with Gasteiger partial charge < -0.3 is 14.9 Å². The summed E-state index contributed by atoms with van der Waals surface area (Å²) in [7, 11) is 2.13. The van der Waals surface area contributed by atoms with Gasteiger partial charge in [0.1, 0.15) is 12.1 Å². The molecule has 1 aromatic rings. The Balaban J connectivity index is 1.53. The molecule has 2 heterocycles. The third-order valence-corrected chi connectivity index (χ3v) is 5.31. The van der Waals surface area contributed by atoms with Gasteiger partial charge in [-0.3, -0.25) is 0 Å². The number of hydrogen-bond acceptors (Lipinski definition) is 5. The molecule has 22 heavy (non-hydrogen) atoms. The minimum absolute atomic E-state index is 0.414. The van der Waals surface area contributed by atoms with Crippen molar-refractivity contribution >= 4 is 5.82 Å². The summed E-state index contributed by atoms with van der Waals surface area (Å²) in [5.41, 5.74) is 0.598. The Bertz CT molecular complexity index is 493. The predicted molar refractivity (Wildman–Crippen MR) is 88.1 cm³/mol. The van der Waals surface area contributed by atoms with Crippen LogP contribution in [0.3, 0.4) is 0 Å². The molecule has 0 atom stereocenters. The van der Waals surface area contributed by atoms with E-state index in [2.05, 4.69) is 26.8 Å². The molecule has 5 heteroatoms. The number of aromatic nitrogens is 2. The average molecular weight is 304 g/mol. The van der Waals surface area contributed by atoms with Crippen LogP contribution in [0.25, 0.3) is 0 Å². The molecule has 0 bridgehead atoms. The first-order valence-electron chi connectivity index (χ1n) is 8.52. The molecule has 0 unspecified atom stereocenters. The molecule has 3 rings (SSSR count). The van der Waals surface area contributed by atoms with Gasteiger partial charge in [0.2, 0.25) is 0 Å². The lowest BCUT2D eigenvalue weighted by atomic mass is 9.98. The largest absolute Gasteiger partial charge is 0.389 e. The molecule has 122 valence electrons. The topological polar surface area (TPSA) is 52.5 Å². The summed E-state index contributed by atoms with van der Waals surface area (Å²) in [5.74, 6) is 1.01. The highest BCUT2D eigenvalue weighted by Gasteiger charge is 2.34. The van der Waals surface area contributed by atoms with Gasteiger partial charge in [-0.2, -0.15) is 0 Å². The highest BCUT2D eigenvalue weighted by molar-refractivity contribution is 5.39. The van der Waals surface area contributed by atoms with Crippen LogP contribution in [-0.4, -0.2) is 58.3 Å². The number of aryl methyl sites for hydroxylation is 1. The summed E-state index contributed by atoms with van der Waals surface area (Å²) in [5, 5.41) is 10.6. The van der Waals surface area contributed by atoms with Gasteiger partial charge in [-0.05, 0) is 32.6 Å². The highest BCUT2D eigenvalue weighted by Crippen LogP contribution is 2.31. The number of hydrogen-bond donors (Lipinski definition) is 1. The van der Waals surface area contributed by atoms with E-state index in [0.29, 0.717) is 6.04 Å². The summed E-state index contributed by atoms with van der Waals surface area (Å²) >= 11 is 0. The molecule has 0 radical (unpaired) electrons. The fraction of sp³-hybridized carbons (Fsp3) is 0.765. The van der Waals surface area contributed by atoms with E-state index >= 15 is 0 Å². The molecule has 2 aliphatic rings. The quantitative estimate of drug-likeness (QED) is 0.922. The van der Waals surface area contributed by atoms with Gasteiger partial charge in [-0.1, -0.05) is 12.8 Å². The number of β-amino-alcohol motifs (C(OH)–C–C–N with tert-alkyl or cyclic N) is 1. The number of anilines is 1. The van der Waals surface area contributed by atoms with Gasteiger partial charge in [-0.25, -0.2) is 9.97 Å². The van der Waals surface area contributed by atoms with Crippen LogP contribution in [0.5, 0.6) is 0 Å². The Labute approximate surface area is 133 Å². The molecule has 1 aliphatic heterocycles. The Morgan fingerprint density at radius 1 is 1.27 bits per heavy atom. The van der Waals surface area contributed by atoms with Gasteiger partial charge in [-0.15, -0.1) is 0 Å². The molecular weight excluding hydrogens is 276 g/mol. The molecule has 2 fully saturated rings. The first kappa shape index (κ1) is 15.7. The zero-order valence-electron chi connectivity index (χ0n) is 13.8. The maximum Gasteiger partial charge on any atom is 0.132 e. The van der Waals surface area contributed by atoms with Gasteiger partial charge in [0, 0.05) is 44.5 Å². The number of aliphatic hydroxyl groups is 1. The zero-order valence-corrected chi connectivity index (χ0v) is 13.8. The monoisotopic (exact) mass is 304 g/mol. The van der Waals surface area contributed by atoms with Crippen molar-refractivity contribution in [2.45, 2.75) is 57.1 Å². The first-order chi connectivity index (χ1) is 10.6. The van der Waals surface area contributed by atoms with Crippen LogP contribution >= 0.6 is 0 Å². The lowest BCUT2D eigenvalue weighted by Crippen LogP contribution is -2.48. The van der Waals surface area contributed by atoms with Gasteiger partial charge in [0.05, 0.1) is 5.60 Å². The minimum atomic E-state index is -0.414. The molecule has 1 saturated carbocycles.